The predicted molar refractivity (Wildman–Crippen MR) is 110 cm³/mol. The zero-order valence-corrected chi connectivity index (χ0v) is 17.6. The second-order valence-electron chi connectivity index (χ2n) is 6.99. The topological polar surface area (TPSA) is 66.5 Å². The molecule has 1 aliphatic heterocycles. The number of nitrogens with zero attached hydrogens (tertiary/aromatic N) is 1. The summed E-state index contributed by atoms with van der Waals surface area (Å²) in [6.07, 6.45) is 2.21. The fraction of sp³-hybridized carbons (Fsp3) is 0.350. The van der Waals surface area contributed by atoms with Crippen LogP contribution in [-0.2, 0) is 21.2 Å². The second-order valence-corrected chi connectivity index (χ2v) is 9.84. The van der Waals surface area contributed by atoms with Gasteiger partial charge in [-0.15, -0.1) is 0 Å². The molecule has 0 spiro atoms. The quantitative estimate of drug-likeness (QED) is 0.746. The van der Waals surface area contributed by atoms with Gasteiger partial charge in [0.05, 0.1) is 11.3 Å². The Kier molecular flexibility index (Phi) is 6.34. The summed E-state index contributed by atoms with van der Waals surface area (Å²) in [5.41, 5.74) is 1.49. The van der Waals surface area contributed by atoms with Crippen LogP contribution in [0.3, 0.4) is 0 Å². The summed E-state index contributed by atoms with van der Waals surface area (Å²) in [5, 5.41) is 2.81. The monoisotopic (exact) mass is 450 g/mol. The number of hydrogen-bond acceptors (Lipinski definition) is 3. The minimum atomic E-state index is -3.48. The fourth-order valence-corrected chi connectivity index (χ4v) is 5.31. The van der Waals surface area contributed by atoms with E-state index in [0.29, 0.717) is 24.7 Å². The standard InChI is InChI=1S/C20H23BrN2O3S/c1-15-4-3-11-23(14-15)27(25,26)19-9-7-18(8-10-19)22-20(24)13-16-5-2-6-17(21)12-16/h2,5-10,12,15H,3-4,11,13-14H2,1H3,(H,22,24). The number of rotatable bonds is 5. The highest BCUT2D eigenvalue weighted by Crippen LogP contribution is 2.24. The van der Waals surface area contributed by atoms with Gasteiger partial charge in [-0.3, -0.25) is 4.79 Å². The molecule has 5 nitrogen and oxygen atoms in total. The summed E-state index contributed by atoms with van der Waals surface area (Å²) in [7, 11) is -3.48. The van der Waals surface area contributed by atoms with Crippen LogP contribution in [0.5, 0.6) is 0 Å². The maximum absolute atomic E-state index is 12.8. The Morgan fingerprint density at radius 2 is 1.96 bits per heavy atom. The van der Waals surface area contributed by atoms with Crippen molar-refractivity contribution in [1.29, 1.82) is 0 Å². The number of nitrogens with one attached hydrogen (secondary N) is 1. The van der Waals surface area contributed by atoms with E-state index in [2.05, 4.69) is 28.2 Å². The van der Waals surface area contributed by atoms with Gasteiger partial charge in [0, 0.05) is 23.2 Å². The van der Waals surface area contributed by atoms with Crippen LogP contribution in [0.1, 0.15) is 25.3 Å². The van der Waals surface area contributed by atoms with Crippen molar-refractivity contribution in [2.75, 3.05) is 18.4 Å². The summed E-state index contributed by atoms with van der Waals surface area (Å²) in [6.45, 7) is 3.21. The molecular formula is C20H23BrN2O3S. The molecule has 0 bridgehead atoms. The van der Waals surface area contributed by atoms with Gasteiger partial charge < -0.3 is 5.32 Å². The average Bonchev–Trinajstić information content (AvgIpc) is 2.62. The Bertz CT molecular complexity index is 913. The first-order valence-electron chi connectivity index (χ1n) is 8.99. The number of benzene rings is 2. The van der Waals surface area contributed by atoms with Crippen LogP contribution < -0.4 is 5.32 Å². The molecule has 1 unspecified atom stereocenters. The van der Waals surface area contributed by atoms with Crippen LogP contribution in [-0.4, -0.2) is 31.7 Å². The van der Waals surface area contributed by atoms with E-state index >= 15 is 0 Å². The highest BCUT2D eigenvalue weighted by Gasteiger charge is 2.28. The van der Waals surface area contributed by atoms with Crippen LogP contribution in [0.25, 0.3) is 0 Å². The van der Waals surface area contributed by atoms with Crippen molar-refractivity contribution in [3.05, 3.63) is 58.6 Å². The molecular weight excluding hydrogens is 428 g/mol. The van der Waals surface area contributed by atoms with E-state index in [1.54, 1.807) is 28.6 Å². The van der Waals surface area contributed by atoms with E-state index in [1.807, 2.05) is 24.3 Å². The van der Waals surface area contributed by atoms with Crippen molar-refractivity contribution in [2.45, 2.75) is 31.1 Å². The molecule has 2 aromatic rings. The number of amides is 1. The van der Waals surface area contributed by atoms with Gasteiger partial charge >= 0.3 is 0 Å². The maximum Gasteiger partial charge on any atom is 0.243 e. The molecule has 1 saturated heterocycles. The van der Waals surface area contributed by atoms with E-state index < -0.39 is 10.0 Å². The molecule has 0 radical (unpaired) electrons. The third-order valence-corrected chi connectivity index (χ3v) is 7.02. The molecule has 0 aliphatic carbocycles. The predicted octanol–water partition coefficient (Wildman–Crippen LogP) is 4.05. The molecule has 144 valence electrons. The van der Waals surface area contributed by atoms with Crippen LogP contribution in [0, 0.1) is 5.92 Å². The smallest absolute Gasteiger partial charge is 0.243 e. The van der Waals surface area contributed by atoms with Gasteiger partial charge in [0.2, 0.25) is 15.9 Å². The molecule has 0 aromatic heterocycles. The lowest BCUT2D eigenvalue weighted by molar-refractivity contribution is -0.115. The number of anilines is 1. The molecule has 1 amide bonds. The highest BCUT2D eigenvalue weighted by molar-refractivity contribution is 9.10. The zero-order chi connectivity index (χ0) is 19.4. The van der Waals surface area contributed by atoms with Crippen LogP contribution >= 0.6 is 15.9 Å². The molecule has 2 aromatic carbocycles. The lowest BCUT2D eigenvalue weighted by atomic mass is 10.0. The Morgan fingerprint density at radius 1 is 1.22 bits per heavy atom. The number of hydrogen-bond donors (Lipinski definition) is 1. The van der Waals surface area contributed by atoms with Crippen molar-refractivity contribution < 1.29 is 13.2 Å². The molecule has 1 atom stereocenters. The Labute approximate surface area is 169 Å². The molecule has 1 heterocycles. The first kappa shape index (κ1) is 20.0. The Balaban J connectivity index is 1.65. The zero-order valence-electron chi connectivity index (χ0n) is 15.2. The summed E-state index contributed by atoms with van der Waals surface area (Å²) < 4.78 is 28.0. The number of sulfonamides is 1. The van der Waals surface area contributed by atoms with E-state index in [0.717, 1.165) is 22.9 Å². The largest absolute Gasteiger partial charge is 0.326 e. The number of carbonyl (C=O) groups is 1. The SMILES string of the molecule is CC1CCCN(S(=O)(=O)c2ccc(NC(=O)Cc3cccc(Br)c3)cc2)C1. The molecule has 1 aliphatic rings. The highest BCUT2D eigenvalue weighted by atomic mass is 79.9. The number of halogens is 1. The summed E-state index contributed by atoms with van der Waals surface area (Å²) in [4.78, 5) is 12.5. The van der Waals surface area contributed by atoms with E-state index in [9.17, 15) is 13.2 Å². The molecule has 3 rings (SSSR count). The minimum absolute atomic E-state index is 0.145. The molecule has 27 heavy (non-hydrogen) atoms. The van der Waals surface area contributed by atoms with Gasteiger partial charge in [-0.05, 0) is 60.7 Å². The summed E-state index contributed by atoms with van der Waals surface area (Å²) in [6, 6.07) is 14.0. The van der Waals surface area contributed by atoms with Gasteiger partial charge in [0.15, 0.2) is 0 Å². The van der Waals surface area contributed by atoms with Gasteiger partial charge in [0.25, 0.3) is 0 Å². The molecule has 1 N–H and O–H groups in total. The van der Waals surface area contributed by atoms with E-state index in [-0.39, 0.29) is 17.2 Å². The van der Waals surface area contributed by atoms with Crippen LogP contribution in [0.15, 0.2) is 57.9 Å². The summed E-state index contributed by atoms with van der Waals surface area (Å²) in [5.74, 6) is 0.235. The lowest BCUT2D eigenvalue weighted by Crippen LogP contribution is -2.39. The lowest BCUT2D eigenvalue weighted by Gasteiger charge is -2.30. The average molecular weight is 451 g/mol. The third kappa shape index (κ3) is 5.18. The first-order chi connectivity index (χ1) is 12.8. The Morgan fingerprint density at radius 3 is 2.63 bits per heavy atom. The van der Waals surface area contributed by atoms with Gasteiger partial charge in [0.1, 0.15) is 0 Å². The van der Waals surface area contributed by atoms with Crippen LogP contribution in [0.2, 0.25) is 0 Å². The van der Waals surface area contributed by atoms with Crippen molar-refractivity contribution in [3.63, 3.8) is 0 Å². The maximum atomic E-state index is 12.8. The molecule has 1 fully saturated rings. The number of carbonyl (C=O) groups excluding carboxylic acids is 1. The van der Waals surface area contributed by atoms with E-state index in [1.165, 1.54) is 0 Å². The van der Waals surface area contributed by atoms with Crippen molar-refractivity contribution >= 4 is 37.5 Å². The third-order valence-electron chi connectivity index (χ3n) is 4.65. The van der Waals surface area contributed by atoms with Gasteiger partial charge in [-0.25, -0.2) is 8.42 Å². The van der Waals surface area contributed by atoms with Crippen molar-refractivity contribution in [1.82, 2.24) is 4.31 Å². The number of piperidine rings is 1. The van der Waals surface area contributed by atoms with Crippen molar-refractivity contribution in [2.24, 2.45) is 5.92 Å². The summed E-state index contributed by atoms with van der Waals surface area (Å²) >= 11 is 3.39. The van der Waals surface area contributed by atoms with Crippen molar-refractivity contribution in [3.8, 4) is 0 Å². The van der Waals surface area contributed by atoms with Gasteiger partial charge in [-0.2, -0.15) is 4.31 Å². The fourth-order valence-electron chi connectivity index (χ4n) is 3.26. The minimum Gasteiger partial charge on any atom is -0.326 e. The van der Waals surface area contributed by atoms with Gasteiger partial charge in [-0.1, -0.05) is 35.0 Å². The molecule has 7 heteroatoms. The second kappa shape index (κ2) is 8.54. The normalized spacial score (nSPS) is 18.2. The molecule has 0 saturated carbocycles. The Hall–Kier alpha value is -1.70. The first-order valence-corrected chi connectivity index (χ1v) is 11.2. The van der Waals surface area contributed by atoms with E-state index in [4.69, 9.17) is 0 Å². The van der Waals surface area contributed by atoms with Crippen LogP contribution in [0.4, 0.5) is 5.69 Å².